The van der Waals surface area contributed by atoms with E-state index < -0.39 is 21.0 Å². The van der Waals surface area contributed by atoms with E-state index in [9.17, 15) is 13.2 Å². The number of benzene rings is 1. The first kappa shape index (κ1) is 14.5. The number of sulfone groups is 1. The van der Waals surface area contributed by atoms with Crippen LogP contribution in [-0.4, -0.2) is 25.3 Å². The molecule has 4 nitrogen and oxygen atoms in total. The fraction of sp³-hybridized carbons (Fsp3) is 0.462. The van der Waals surface area contributed by atoms with Crippen molar-refractivity contribution in [3.63, 3.8) is 0 Å². The summed E-state index contributed by atoms with van der Waals surface area (Å²) in [6, 6.07) is 7.37. The molecule has 1 aromatic rings. The van der Waals surface area contributed by atoms with Crippen molar-refractivity contribution in [2.75, 3.05) is 11.1 Å². The van der Waals surface area contributed by atoms with Crippen molar-refractivity contribution in [3.8, 4) is 0 Å². The van der Waals surface area contributed by atoms with Gasteiger partial charge in [-0.1, -0.05) is 40.5 Å². The summed E-state index contributed by atoms with van der Waals surface area (Å²) in [7, 11) is -3.29. The molecule has 6 heteroatoms. The number of anilines is 1. The number of hydrogen-bond acceptors (Lipinski definition) is 3. The molecule has 1 amide bonds. The second-order valence-corrected chi connectivity index (χ2v) is 7.50. The Labute approximate surface area is 121 Å². The van der Waals surface area contributed by atoms with E-state index in [4.69, 9.17) is 0 Å². The van der Waals surface area contributed by atoms with Crippen LogP contribution in [0.3, 0.4) is 0 Å². The van der Waals surface area contributed by atoms with Gasteiger partial charge in [-0.3, -0.25) is 4.79 Å². The lowest BCUT2D eigenvalue weighted by molar-refractivity contribution is -0.116. The fourth-order valence-electron chi connectivity index (χ4n) is 2.22. The first-order valence-electron chi connectivity index (χ1n) is 6.21. The highest BCUT2D eigenvalue weighted by Gasteiger charge is 2.34. The zero-order valence-electron chi connectivity index (χ0n) is 10.4. The molecule has 0 bridgehead atoms. The minimum absolute atomic E-state index is 0.116. The number of hydrogen-bond donors (Lipinski definition) is 1. The van der Waals surface area contributed by atoms with Crippen LogP contribution in [0.5, 0.6) is 0 Å². The number of amides is 1. The predicted molar refractivity (Wildman–Crippen MR) is 79.1 cm³/mol. The summed E-state index contributed by atoms with van der Waals surface area (Å²) in [4.78, 5) is 12.1. The largest absolute Gasteiger partial charge is 0.325 e. The van der Waals surface area contributed by atoms with Gasteiger partial charge in [-0.2, -0.15) is 0 Å². The van der Waals surface area contributed by atoms with Crippen LogP contribution in [0.25, 0.3) is 0 Å². The number of para-hydroxylation sites is 1. The molecule has 1 N–H and O–H groups in total. The third kappa shape index (κ3) is 3.36. The van der Waals surface area contributed by atoms with E-state index in [2.05, 4.69) is 21.2 Å². The molecule has 1 atom stereocenters. The van der Waals surface area contributed by atoms with Gasteiger partial charge in [0.05, 0.1) is 5.75 Å². The standard InChI is InChI=1S/C13H16BrNO3S/c14-9-10-5-1-2-6-11(10)15-13(16)12-7-3-4-8-19(12,17)18/h1-2,5-6,12H,3-4,7-9H2,(H,15,16). The van der Waals surface area contributed by atoms with Crippen molar-refractivity contribution >= 4 is 37.4 Å². The van der Waals surface area contributed by atoms with Crippen molar-refractivity contribution in [1.82, 2.24) is 0 Å². The summed E-state index contributed by atoms with van der Waals surface area (Å²) in [6.45, 7) is 0. The third-order valence-corrected chi connectivity index (χ3v) is 6.07. The van der Waals surface area contributed by atoms with Gasteiger partial charge in [0.2, 0.25) is 5.91 Å². The van der Waals surface area contributed by atoms with Crippen molar-refractivity contribution in [2.24, 2.45) is 0 Å². The van der Waals surface area contributed by atoms with Crippen molar-refractivity contribution < 1.29 is 13.2 Å². The van der Waals surface area contributed by atoms with Gasteiger partial charge in [0.15, 0.2) is 9.84 Å². The molecule has 104 valence electrons. The number of alkyl halides is 1. The lowest BCUT2D eigenvalue weighted by Crippen LogP contribution is -2.39. The summed E-state index contributed by atoms with van der Waals surface area (Å²) in [5.41, 5.74) is 1.61. The van der Waals surface area contributed by atoms with Crippen LogP contribution < -0.4 is 5.32 Å². The van der Waals surface area contributed by atoms with Crippen LogP contribution in [0.1, 0.15) is 24.8 Å². The van der Waals surface area contributed by atoms with Crippen molar-refractivity contribution in [2.45, 2.75) is 29.8 Å². The van der Waals surface area contributed by atoms with Gasteiger partial charge in [-0.05, 0) is 24.5 Å². The van der Waals surface area contributed by atoms with Crippen LogP contribution in [0, 0.1) is 0 Å². The quantitative estimate of drug-likeness (QED) is 0.856. The van der Waals surface area contributed by atoms with Gasteiger partial charge in [0, 0.05) is 11.0 Å². The van der Waals surface area contributed by atoms with E-state index in [0.29, 0.717) is 23.9 Å². The Morgan fingerprint density at radius 2 is 2.05 bits per heavy atom. The van der Waals surface area contributed by atoms with E-state index in [0.717, 1.165) is 12.0 Å². The van der Waals surface area contributed by atoms with Crippen molar-refractivity contribution in [1.29, 1.82) is 0 Å². The minimum Gasteiger partial charge on any atom is -0.325 e. The maximum Gasteiger partial charge on any atom is 0.242 e. The number of nitrogens with one attached hydrogen (secondary N) is 1. The molecule has 1 aromatic carbocycles. The average Bonchev–Trinajstić information content (AvgIpc) is 2.38. The smallest absolute Gasteiger partial charge is 0.242 e. The summed E-state index contributed by atoms with van der Waals surface area (Å²) >= 11 is 3.35. The number of halogens is 1. The molecule has 1 unspecified atom stereocenters. The first-order chi connectivity index (χ1) is 9.04. The highest BCUT2D eigenvalue weighted by molar-refractivity contribution is 9.08. The Morgan fingerprint density at radius 3 is 2.74 bits per heavy atom. The highest BCUT2D eigenvalue weighted by atomic mass is 79.9. The summed E-state index contributed by atoms with van der Waals surface area (Å²) in [5, 5.41) is 2.45. The molecular weight excluding hydrogens is 330 g/mol. The molecule has 1 aliphatic heterocycles. The lowest BCUT2D eigenvalue weighted by Gasteiger charge is -2.22. The van der Waals surface area contributed by atoms with Gasteiger partial charge >= 0.3 is 0 Å². The molecule has 1 heterocycles. The van der Waals surface area contributed by atoms with E-state index in [1.165, 1.54) is 0 Å². The molecule has 19 heavy (non-hydrogen) atoms. The zero-order chi connectivity index (χ0) is 13.9. The minimum atomic E-state index is -3.29. The van der Waals surface area contributed by atoms with Crippen LogP contribution >= 0.6 is 15.9 Å². The monoisotopic (exact) mass is 345 g/mol. The lowest BCUT2D eigenvalue weighted by atomic mass is 10.1. The second-order valence-electron chi connectivity index (χ2n) is 4.63. The number of rotatable bonds is 3. The normalized spacial score (nSPS) is 21.8. The van der Waals surface area contributed by atoms with E-state index in [1.807, 2.05) is 18.2 Å². The molecule has 0 spiro atoms. The maximum atomic E-state index is 12.1. The van der Waals surface area contributed by atoms with Crippen LogP contribution in [0.2, 0.25) is 0 Å². The summed E-state index contributed by atoms with van der Waals surface area (Å²) in [6.07, 6.45) is 1.87. The third-order valence-electron chi connectivity index (χ3n) is 3.29. The second kappa shape index (κ2) is 6.05. The van der Waals surface area contributed by atoms with Gasteiger partial charge in [0.1, 0.15) is 5.25 Å². The van der Waals surface area contributed by atoms with Gasteiger partial charge in [-0.25, -0.2) is 8.42 Å². The fourth-order valence-corrected chi connectivity index (χ4v) is 4.51. The van der Waals surface area contributed by atoms with Gasteiger partial charge < -0.3 is 5.32 Å². The Kier molecular flexibility index (Phi) is 4.62. The molecule has 2 rings (SSSR count). The molecule has 1 saturated heterocycles. The summed E-state index contributed by atoms with van der Waals surface area (Å²) < 4.78 is 23.8. The van der Waals surface area contributed by atoms with E-state index in [-0.39, 0.29) is 5.75 Å². The number of carbonyl (C=O) groups excluding carboxylic acids is 1. The Bertz CT molecular complexity index is 571. The van der Waals surface area contributed by atoms with E-state index >= 15 is 0 Å². The first-order valence-corrected chi connectivity index (χ1v) is 9.04. The predicted octanol–water partition coefficient (Wildman–Crippen LogP) is 2.49. The highest BCUT2D eigenvalue weighted by Crippen LogP contribution is 2.23. The molecule has 0 radical (unpaired) electrons. The van der Waals surface area contributed by atoms with Gasteiger partial charge in [-0.15, -0.1) is 0 Å². The summed E-state index contributed by atoms with van der Waals surface area (Å²) in [5.74, 6) is -0.293. The average molecular weight is 346 g/mol. The molecule has 1 fully saturated rings. The van der Waals surface area contributed by atoms with Gasteiger partial charge in [0.25, 0.3) is 0 Å². The van der Waals surface area contributed by atoms with E-state index in [1.54, 1.807) is 6.07 Å². The Balaban J connectivity index is 2.17. The molecule has 0 saturated carbocycles. The topological polar surface area (TPSA) is 63.2 Å². The molecule has 0 aromatic heterocycles. The Hall–Kier alpha value is -0.880. The van der Waals surface area contributed by atoms with Crippen LogP contribution in [0.4, 0.5) is 5.69 Å². The van der Waals surface area contributed by atoms with Crippen molar-refractivity contribution in [3.05, 3.63) is 29.8 Å². The number of carbonyl (C=O) groups is 1. The molecule has 0 aliphatic carbocycles. The van der Waals surface area contributed by atoms with Crippen LogP contribution in [-0.2, 0) is 20.0 Å². The molecular formula is C13H16BrNO3S. The molecule has 1 aliphatic rings. The maximum absolute atomic E-state index is 12.1. The Morgan fingerprint density at radius 1 is 1.32 bits per heavy atom. The zero-order valence-corrected chi connectivity index (χ0v) is 12.8. The SMILES string of the molecule is O=C(Nc1ccccc1CBr)C1CCCCS1(=O)=O. The van der Waals surface area contributed by atoms with Crippen LogP contribution in [0.15, 0.2) is 24.3 Å².